The highest BCUT2D eigenvalue weighted by Gasteiger charge is 2.35. The van der Waals surface area contributed by atoms with Gasteiger partial charge >= 0.3 is 6.18 Å². The number of nitrogens with zero attached hydrogens (tertiary/aromatic N) is 2. The number of anilines is 1. The fourth-order valence-electron chi connectivity index (χ4n) is 3.36. The summed E-state index contributed by atoms with van der Waals surface area (Å²) in [4.78, 5) is 0. The molecule has 0 saturated carbocycles. The second-order valence-corrected chi connectivity index (χ2v) is 9.07. The Kier molecular flexibility index (Phi) is 5.97. The SMILES string of the molecule is FC(F)(F)c1ccc(Cl)c(N2N=C(c3ccc(Br)cc3)CC2c2ccc(Br)cc2)c1. The minimum Gasteiger partial charge on any atom is -0.256 e. The van der Waals surface area contributed by atoms with Gasteiger partial charge in [-0.2, -0.15) is 18.3 Å². The van der Waals surface area contributed by atoms with Gasteiger partial charge in [-0.1, -0.05) is 67.7 Å². The molecule has 1 aliphatic heterocycles. The minimum atomic E-state index is -4.47. The van der Waals surface area contributed by atoms with Gasteiger partial charge < -0.3 is 0 Å². The number of hydrogen-bond acceptors (Lipinski definition) is 2. The lowest BCUT2D eigenvalue weighted by molar-refractivity contribution is -0.137. The molecule has 0 spiro atoms. The van der Waals surface area contributed by atoms with Crippen LogP contribution in [0.5, 0.6) is 0 Å². The number of rotatable bonds is 3. The molecule has 0 aromatic heterocycles. The first kappa shape index (κ1) is 21.4. The largest absolute Gasteiger partial charge is 0.416 e. The van der Waals surface area contributed by atoms with Crippen molar-refractivity contribution in [1.82, 2.24) is 0 Å². The van der Waals surface area contributed by atoms with Crippen LogP contribution in [0.15, 0.2) is 80.8 Å². The molecule has 1 atom stereocenters. The Morgan fingerprint density at radius 1 is 0.900 bits per heavy atom. The maximum atomic E-state index is 13.3. The summed E-state index contributed by atoms with van der Waals surface area (Å²) in [5.74, 6) is 0. The molecule has 2 nitrogen and oxygen atoms in total. The smallest absolute Gasteiger partial charge is 0.256 e. The molecule has 0 aliphatic carbocycles. The maximum absolute atomic E-state index is 13.3. The predicted octanol–water partition coefficient (Wildman–Crippen LogP) is 8.24. The van der Waals surface area contributed by atoms with Crippen LogP contribution in [0.4, 0.5) is 18.9 Å². The van der Waals surface area contributed by atoms with Gasteiger partial charge in [-0.05, 0) is 53.6 Å². The fourth-order valence-corrected chi connectivity index (χ4v) is 4.09. The molecule has 1 aliphatic rings. The molecule has 0 radical (unpaired) electrons. The lowest BCUT2D eigenvalue weighted by atomic mass is 9.98. The van der Waals surface area contributed by atoms with Gasteiger partial charge in [0.25, 0.3) is 0 Å². The molecule has 3 aromatic rings. The summed E-state index contributed by atoms with van der Waals surface area (Å²) in [7, 11) is 0. The highest BCUT2D eigenvalue weighted by atomic mass is 79.9. The van der Waals surface area contributed by atoms with Gasteiger partial charge in [0, 0.05) is 15.4 Å². The molecular formula is C22H14Br2ClF3N2. The second-order valence-electron chi connectivity index (χ2n) is 6.83. The van der Waals surface area contributed by atoms with Crippen molar-refractivity contribution >= 4 is 54.9 Å². The average molecular weight is 559 g/mol. The predicted molar refractivity (Wildman–Crippen MR) is 121 cm³/mol. The van der Waals surface area contributed by atoms with Gasteiger partial charge in [-0.3, -0.25) is 5.01 Å². The Labute approximate surface area is 193 Å². The zero-order chi connectivity index (χ0) is 21.5. The Morgan fingerprint density at radius 3 is 2.10 bits per heavy atom. The number of benzene rings is 3. The number of hydrogen-bond donors (Lipinski definition) is 0. The molecule has 0 fully saturated rings. The summed E-state index contributed by atoms with van der Waals surface area (Å²) in [5.41, 5.74) is 2.09. The van der Waals surface area contributed by atoms with Crippen molar-refractivity contribution in [2.75, 3.05) is 5.01 Å². The van der Waals surface area contributed by atoms with Crippen molar-refractivity contribution in [3.8, 4) is 0 Å². The van der Waals surface area contributed by atoms with Gasteiger partial charge in [-0.25, -0.2) is 0 Å². The van der Waals surface area contributed by atoms with E-state index in [0.717, 1.165) is 37.9 Å². The van der Waals surface area contributed by atoms with Crippen LogP contribution in [-0.4, -0.2) is 5.71 Å². The summed E-state index contributed by atoms with van der Waals surface area (Å²) in [6.45, 7) is 0. The van der Waals surface area contributed by atoms with Crippen LogP contribution >= 0.6 is 43.5 Å². The Hall–Kier alpha value is -1.83. The average Bonchev–Trinajstić information content (AvgIpc) is 3.13. The highest BCUT2D eigenvalue weighted by molar-refractivity contribution is 9.10. The van der Waals surface area contributed by atoms with E-state index in [1.165, 1.54) is 6.07 Å². The van der Waals surface area contributed by atoms with Crippen LogP contribution in [0.1, 0.15) is 29.2 Å². The van der Waals surface area contributed by atoms with E-state index >= 15 is 0 Å². The molecule has 1 unspecified atom stereocenters. The molecule has 3 aromatic carbocycles. The Bertz CT molecular complexity index is 1100. The molecule has 0 amide bonds. The monoisotopic (exact) mass is 556 g/mol. The van der Waals surface area contributed by atoms with Gasteiger partial charge in [-0.15, -0.1) is 0 Å². The fraction of sp³-hybridized carbons (Fsp3) is 0.136. The molecule has 4 rings (SSSR count). The molecule has 0 saturated heterocycles. The Balaban J connectivity index is 1.81. The first-order chi connectivity index (χ1) is 14.2. The van der Waals surface area contributed by atoms with Crippen molar-refractivity contribution in [3.05, 3.63) is 97.4 Å². The van der Waals surface area contributed by atoms with Crippen molar-refractivity contribution in [3.63, 3.8) is 0 Å². The molecule has 0 N–H and O–H groups in total. The van der Waals surface area contributed by atoms with Crippen LogP contribution in [-0.2, 0) is 6.18 Å². The van der Waals surface area contributed by atoms with E-state index in [4.69, 9.17) is 16.7 Å². The van der Waals surface area contributed by atoms with Crippen molar-refractivity contribution in [2.24, 2.45) is 5.10 Å². The second kappa shape index (κ2) is 8.36. The first-order valence-corrected chi connectivity index (χ1v) is 10.9. The third kappa shape index (κ3) is 4.43. The van der Waals surface area contributed by atoms with Crippen LogP contribution < -0.4 is 5.01 Å². The quantitative estimate of drug-likeness (QED) is 0.316. The zero-order valence-corrected chi connectivity index (χ0v) is 19.2. The van der Waals surface area contributed by atoms with Crippen LogP contribution in [0.2, 0.25) is 5.02 Å². The third-order valence-electron chi connectivity index (χ3n) is 4.86. The van der Waals surface area contributed by atoms with Gasteiger partial charge in [0.05, 0.1) is 28.0 Å². The standard InChI is InChI=1S/C22H14Br2ClF3N2/c23-16-6-1-13(2-7-16)19-12-20(14-3-8-17(24)9-4-14)30(29-19)21-11-15(22(26,27)28)5-10-18(21)25/h1-11,20H,12H2. The summed E-state index contributed by atoms with van der Waals surface area (Å²) in [6, 6.07) is 18.4. The molecule has 8 heteroatoms. The molecule has 154 valence electrons. The zero-order valence-electron chi connectivity index (χ0n) is 15.3. The van der Waals surface area contributed by atoms with E-state index < -0.39 is 11.7 Å². The Morgan fingerprint density at radius 2 is 1.50 bits per heavy atom. The van der Waals surface area contributed by atoms with Crippen LogP contribution in [0.3, 0.4) is 0 Å². The van der Waals surface area contributed by atoms with E-state index in [1.54, 1.807) is 5.01 Å². The van der Waals surface area contributed by atoms with Crippen molar-refractivity contribution in [1.29, 1.82) is 0 Å². The van der Waals surface area contributed by atoms with Crippen LogP contribution in [0.25, 0.3) is 0 Å². The highest BCUT2D eigenvalue weighted by Crippen LogP contribution is 2.42. The summed E-state index contributed by atoms with van der Waals surface area (Å²) in [5, 5.41) is 6.50. The van der Waals surface area contributed by atoms with Crippen LogP contribution in [0, 0.1) is 0 Å². The lowest BCUT2D eigenvalue weighted by Crippen LogP contribution is -2.19. The van der Waals surface area contributed by atoms with E-state index in [2.05, 4.69) is 31.9 Å². The van der Waals surface area contributed by atoms with E-state index in [-0.39, 0.29) is 16.8 Å². The number of alkyl halides is 3. The molecule has 0 bridgehead atoms. The van der Waals surface area contributed by atoms with Crippen molar-refractivity contribution < 1.29 is 13.2 Å². The van der Waals surface area contributed by atoms with Gasteiger partial charge in [0.2, 0.25) is 0 Å². The first-order valence-electron chi connectivity index (χ1n) is 8.97. The summed E-state index contributed by atoms with van der Waals surface area (Å²) in [6.07, 6.45) is -3.93. The van der Waals surface area contributed by atoms with E-state index in [1.807, 2.05) is 48.5 Å². The number of hydrazone groups is 1. The van der Waals surface area contributed by atoms with E-state index in [9.17, 15) is 13.2 Å². The van der Waals surface area contributed by atoms with E-state index in [0.29, 0.717) is 6.42 Å². The lowest BCUT2D eigenvalue weighted by Gasteiger charge is -2.25. The molecule has 30 heavy (non-hydrogen) atoms. The number of halogens is 6. The summed E-state index contributed by atoms with van der Waals surface area (Å²) >= 11 is 13.2. The third-order valence-corrected chi connectivity index (χ3v) is 6.24. The van der Waals surface area contributed by atoms with Gasteiger partial charge in [0.1, 0.15) is 0 Å². The van der Waals surface area contributed by atoms with Crippen molar-refractivity contribution in [2.45, 2.75) is 18.6 Å². The summed E-state index contributed by atoms with van der Waals surface area (Å²) < 4.78 is 41.8. The topological polar surface area (TPSA) is 15.6 Å². The van der Waals surface area contributed by atoms with Gasteiger partial charge in [0.15, 0.2) is 0 Å². The molecule has 1 heterocycles. The maximum Gasteiger partial charge on any atom is 0.416 e. The normalized spacial score (nSPS) is 16.7. The minimum absolute atomic E-state index is 0.214. The molecular weight excluding hydrogens is 545 g/mol.